The number of halogens is 9. The highest BCUT2D eigenvalue weighted by molar-refractivity contribution is 5.92. The second kappa shape index (κ2) is 21.6. The van der Waals surface area contributed by atoms with Crippen LogP contribution in [0.1, 0.15) is 64.0 Å². The van der Waals surface area contributed by atoms with Gasteiger partial charge >= 0.3 is 24.3 Å². The largest absolute Gasteiger partial charge is 0.503 e. The minimum atomic E-state index is -4.46. The molecule has 1 aliphatic carbocycles. The van der Waals surface area contributed by atoms with E-state index in [4.69, 9.17) is 0 Å². The molecule has 332 valence electrons. The third-order valence-electron chi connectivity index (χ3n) is 8.33. The molecule has 1 saturated carbocycles. The SMILES string of the molecule is CC(C)(C)NC(=O)Nc1cc(F)cc(F)c1O.O=C(NCC1CCCCC1)Nc1cc(F)cc(F)c1O.O=C(NCc1ccc(C(F)(F)F)cc1)Nc1cc(F)cc(F)c1O. The Balaban J connectivity index is 0.000000248. The van der Waals surface area contributed by atoms with Crippen molar-refractivity contribution in [1.29, 1.82) is 0 Å². The van der Waals surface area contributed by atoms with E-state index in [2.05, 4.69) is 26.6 Å². The van der Waals surface area contributed by atoms with Crippen LogP contribution in [0.2, 0.25) is 0 Å². The van der Waals surface area contributed by atoms with Crippen LogP contribution >= 0.6 is 0 Å². The molecule has 4 aromatic rings. The second-order valence-electron chi connectivity index (χ2n) is 14.5. The molecule has 0 bridgehead atoms. The first-order chi connectivity index (χ1) is 28.4. The highest BCUT2D eigenvalue weighted by Gasteiger charge is 2.30. The number of anilines is 3. The number of hydrogen-bond donors (Lipinski definition) is 9. The molecule has 12 nitrogen and oxygen atoms in total. The van der Waals surface area contributed by atoms with Crippen LogP contribution in [0.5, 0.6) is 17.2 Å². The molecular formula is C40H43F9N6O6. The number of phenolic OH excluding ortho intramolecular Hbond substituents is 3. The van der Waals surface area contributed by atoms with Crippen molar-refractivity contribution in [3.63, 3.8) is 0 Å². The van der Waals surface area contributed by atoms with Crippen LogP contribution in [0.25, 0.3) is 0 Å². The van der Waals surface area contributed by atoms with Gasteiger partial charge in [-0.2, -0.15) is 13.2 Å². The number of benzene rings is 4. The van der Waals surface area contributed by atoms with Crippen molar-refractivity contribution in [2.45, 2.75) is 71.1 Å². The first kappa shape index (κ1) is 48.8. The van der Waals surface area contributed by atoms with Gasteiger partial charge in [-0.3, -0.25) is 0 Å². The van der Waals surface area contributed by atoms with Gasteiger partial charge in [-0.15, -0.1) is 0 Å². The molecule has 1 aliphatic rings. The normalized spacial score (nSPS) is 12.7. The van der Waals surface area contributed by atoms with E-state index < -0.39 is 93.2 Å². The third kappa shape index (κ3) is 16.6. The van der Waals surface area contributed by atoms with E-state index in [0.29, 0.717) is 36.2 Å². The lowest BCUT2D eigenvalue weighted by atomic mass is 9.89. The molecule has 0 unspecified atom stereocenters. The fourth-order valence-electron chi connectivity index (χ4n) is 5.43. The van der Waals surface area contributed by atoms with Gasteiger partial charge in [0.2, 0.25) is 0 Å². The minimum Gasteiger partial charge on any atom is -0.503 e. The van der Waals surface area contributed by atoms with Gasteiger partial charge in [-0.1, -0.05) is 31.4 Å². The van der Waals surface area contributed by atoms with Crippen molar-refractivity contribution in [3.05, 3.63) is 107 Å². The maximum Gasteiger partial charge on any atom is 0.416 e. The predicted molar refractivity (Wildman–Crippen MR) is 207 cm³/mol. The highest BCUT2D eigenvalue weighted by atomic mass is 19.4. The zero-order chi connectivity index (χ0) is 45.7. The number of amides is 6. The quantitative estimate of drug-likeness (QED) is 0.0658. The Morgan fingerprint density at radius 1 is 0.590 bits per heavy atom. The van der Waals surface area contributed by atoms with Gasteiger partial charge in [0.15, 0.2) is 34.7 Å². The van der Waals surface area contributed by atoms with Crippen LogP contribution in [-0.4, -0.2) is 45.5 Å². The molecule has 61 heavy (non-hydrogen) atoms. The lowest BCUT2D eigenvalue weighted by molar-refractivity contribution is -0.137. The number of urea groups is 3. The van der Waals surface area contributed by atoms with Crippen molar-refractivity contribution in [3.8, 4) is 17.2 Å². The van der Waals surface area contributed by atoms with Gasteiger partial charge in [0.05, 0.1) is 22.6 Å². The van der Waals surface area contributed by atoms with Crippen molar-refractivity contribution in [2.24, 2.45) is 5.92 Å². The average Bonchev–Trinajstić information content (AvgIpc) is 3.16. The molecule has 21 heteroatoms. The van der Waals surface area contributed by atoms with Gasteiger partial charge in [0, 0.05) is 55.0 Å². The van der Waals surface area contributed by atoms with E-state index in [-0.39, 0.29) is 17.9 Å². The number of carbonyl (C=O) groups is 3. The maximum atomic E-state index is 13.1. The van der Waals surface area contributed by atoms with Crippen LogP contribution < -0.4 is 31.9 Å². The van der Waals surface area contributed by atoms with E-state index in [1.54, 1.807) is 20.8 Å². The van der Waals surface area contributed by atoms with E-state index in [9.17, 15) is 69.2 Å². The van der Waals surface area contributed by atoms with E-state index in [1.165, 1.54) is 31.4 Å². The Morgan fingerprint density at radius 2 is 0.984 bits per heavy atom. The van der Waals surface area contributed by atoms with Crippen molar-refractivity contribution < 1.29 is 69.2 Å². The van der Waals surface area contributed by atoms with Gasteiger partial charge in [-0.05, 0) is 57.2 Å². The van der Waals surface area contributed by atoms with Gasteiger partial charge in [-0.25, -0.2) is 40.7 Å². The summed E-state index contributed by atoms with van der Waals surface area (Å²) in [6.07, 6.45) is 1.29. The monoisotopic (exact) mass is 874 g/mol. The lowest BCUT2D eigenvalue weighted by Crippen LogP contribution is -2.43. The fraction of sp³-hybridized carbons (Fsp3) is 0.325. The Kier molecular flexibility index (Phi) is 17.3. The summed E-state index contributed by atoms with van der Waals surface area (Å²) in [5.74, 6) is -8.25. The second-order valence-corrected chi connectivity index (χ2v) is 14.5. The molecule has 5 rings (SSSR count). The number of aromatic hydroxyl groups is 3. The predicted octanol–water partition coefficient (Wildman–Crippen LogP) is 9.97. The van der Waals surface area contributed by atoms with Crippen LogP contribution in [0.15, 0.2) is 60.7 Å². The molecule has 0 heterocycles. The van der Waals surface area contributed by atoms with Crippen LogP contribution in [0.3, 0.4) is 0 Å². The summed E-state index contributed by atoms with van der Waals surface area (Å²) in [6.45, 7) is 5.66. The molecule has 0 saturated heterocycles. The standard InChI is InChI=1S/C15H11F5N2O2.C14H18F2N2O2.C11H14F2N2O2/c16-10-5-11(17)13(23)12(6-10)22-14(24)21-7-8-1-3-9(4-2-8)15(18,19)20;15-10-6-11(16)13(19)12(7-10)18-14(20)17-8-9-4-2-1-3-5-9;1-11(2,3)15-10(17)14-8-5-6(12)4-7(13)9(8)16/h1-6,23H,7H2,(H2,21,22,24);6-7,9,19H,1-5,8H2,(H2,17,18,20);4-5,16H,1-3H3,(H2,14,15,17). The van der Waals surface area contributed by atoms with Crippen molar-refractivity contribution in [1.82, 2.24) is 16.0 Å². The Hall–Kier alpha value is -6.54. The van der Waals surface area contributed by atoms with Crippen molar-refractivity contribution >= 4 is 35.2 Å². The van der Waals surface area contributed by atoms with Crippen LogP contribution in [-0.2, 0) is 12.7 Å². The Morgan fingerprint density at radius 3 is 1.38 bits per heavy atom. The average molecular weight is 875 g/mol. The molecule has 9 N–H and O–H groups in total. The van der Waals surface area contributed by atoms with Gasteiger partial charge < -0.3 is 47.2 Å². The molecule has 0 radical (unpaired) electrons. The number of nitrogens with one attached hydrogen (secondary N) is 6. The summed E-state index contributed by atoms with van der Waals surface area (Å²) in [4.78, 5) is 34.7. The Bertz CT molecular complexity index is 2150. The summed E-state index contributed by atoms with van der Waals surface area (Å²) >= 11 is 0. The number of phenols is 3. The maximum absolute atomic E-state index is 13.1. The molecule has 1 fully saturated rings. The smallest absolute Gasteiger partial charge is 0.416 e. The van der Waals surface area contributed by atoms with Crippen LogP contribution in [0.4, 0.5) is 71.0 Å². The summed E-state index contributed by atoms with van der Waals surface area (Å²) in [6, 6.07) is 5.93. The van der Waals surface area contributed by atoms with E-state index >= 15 is 0 Å². The molecule has 4 aromatic carbocycles. The van der Waals surface area contributed by atoms with Gasteiger partial charge in [0.25, 0.3) is 0 Å². The third-order valence-corrected chi connectivity index (χ3v) is 8.33. The number of rotatable bonds is 7. The topological polar surface area (TPSA) is 184 Å². The number of alkyl halides is 3. The summed E-state index contributed by atoms with van der Waals surface area (Å²) in [5, 5.41) is 42.0. The molecule has 0 atom stereocenters. The first-order valence-electron chi connectivity index (χ1n) is 18.3. The fourth-order valence-corrected chi connectivity index (χ4v) is 5.43. The minimum absolute atomic E-state index is 0.122. The lowest BCUT2D eigenvalue weighted by Gasteiger charge is -2.21. The molecule has 0 aromatic heterocycles. The molecule has 0 aliphatic heterocycles. The number of hydrogen-bond acceptors (Lipinski definition) is 6. The van der Waals surface area contributed by atoms with Crippen LogP contribution in [0, 0.1) is 40.8 Å². The molecular weight excluding hydrogens is 831 g/mol. The molecule has 0 spiro atoms. The Labute approximate surface area is 343 Å². The summed E-state index contributed by atoms with van der Waals surface area (Å²) in [7, 11) is 0. The number of carbonyl (C=O) groups excluding carboxylic acids is 3. The zero-order valence-corrected chi connectivity index (χ0v) is 32.8. The summed E-state index contributed by atoms with van der Waals surface area (Å²) < 4.78 is 115. The van der Waals surface area contributed by atoms with Gasteiger partial charge in [0.1, 0.15) is 17.5 Å². The van der Waals surface area contributed by atoms with E-state index in [1.807, 2.05) is 5.32 Å². The summed E-state index contributed by atoms with van der Waals surface area (Å²) in [5.41, 5.74) is -2.00. The highest BCUT2D eigenvalue weighted by Crippen LogP contribution is 2.31. The van der Waals surface area contributed by atoms with Crippen molar-refractivity contribution in [2.75, 3.05) is 22.5 Å². The molecule has 6 amide bonds. The zero-order valence-electron chi connectivity index (χ0n) is 32.8. The van der Waals surface area contributed by atoms with E-state index in [0.717, 1.165) is 43.2 Å². The first-order valence-corrected chi connectivity index (χ1v) is 18.3.